The van der Waals surface area contributed by atoms with E-state index in [-0.39, 0.29) is 28.4 Å². The maximum absolute atomic E-state index is 13.7. The van der Waals surface area contributed by atoms with Crippen LogP contribution in [0.5, 0.6) is 11.5 Å². The number of hydrogen-bond donors (Lipinski definition) is 1. The summed E-state index contributed by atoms with van der Waals surface area (Å²) in [6.07, 6.45) is 2.54. The fourth-order valence-electron chi connectivity index (χ4n) is 5.26. The van der Waals surface area contributed by atoms with Crippen LogP contribution in [0.3, 0.4) is 0 Å². The molecule has 3 heterocycles. The standard InChI is InChI=1S/C33H30FN3O5S2/c1-3-4-14-41-25-7-5-6-21(17-25)28-27(29(38)22-10-13-26-23(16-22)15-19(2)42-26)30(39)31(40)37(28)32-35-36-33(44-32)43-18-20-8-11-24(34)12-9-20/h5-13,16-17,19,28,38H,3-4,14-15,18H2,1-2H3/b29-27+. The van der Waals surface area contributed by atoms with Crippen molar-refractivity contribution >= 4 is 45.7 Å². The highest BCUT2D eigenvalue weighted by atomic mass is 32.2. The van der Waals surface area contributed by atoms with Gasteiger partial charge in [0.25, 0.3) is 5.78 Å². The van der Waals surface area contributed by atoms with E-state index < -0.39 is 17.7 Å². The van der Waals surface area contributed by atoms with Crippen molar-refractivity contribution in [3.63, 3.8) is 0 Å². The first-order valence-electron chi connectivity index (χ1n) is 14.4. The molecule has 2 atom stereocenters. The quantitative estimate of drug-likeness (QED) is 0.0494. The largest absolute Gasteiger partial charge is 0.507 e. The van der Waals surface area contributed by atoms with Gasteiger partial charge in [-0.1, -0.05) is 60.7 Å². The van der Waals surface area contributed by atoms with Gasteiger partial charge in [0.05, 0.1) is 18.2 Å². The SMILES string of the molecule is CCCCOc1cccc(C2/C(=C(\O)c3ccc4c(c3)CC(C)O4)C(=O)C(=O)N2c2nnc(SCc3ccc(F)cc3)s2)c1. The van der Waals surface area contributed by atoms with E-state index in [1.165, 1.54) is 40.1 Å². The topological polar surface area (TPSA) is 102 Å². The molecule has 8 nitrogen and oxygen atoms in total. The molecular weight excluding hydrogens is 602 g/mol. The summed E-state index contributed by atoms with van der Waals surface area (Å²) in [6.45, 7) is 4.57. The third-order valence-corrected chi connectivity index (χ3v) is 9.56. The number of anilines is 1. The maximum atomic E-state index is 13.7. The molecule has 0 radical (unpaired) electrons. The van der Waals surface area contributed by atoms with Crippen LogP contribution in [-0.4, -0.2) is 39.7 Å². The minimum atomic E-state index is -0.962. The number of hydrogen-bond acceptors (Lipinski definition) is 9. The highest BCUT2D eigenvalue weighted by Gasteiger charge is 2.48. The minimum Gasteiger partial charge on any atom is -0.507 e. The van der Waals surface area contributed by atoms with E-state index in [0.29, 0.717) is 40.0 Å². The molecule has 1 aromatic heterocycles. The number of thioether (sulfide) groups is 1. The lowest BCUT2D eigenvalue weighted by Gasteiger charge is -2.23. The summed E-state index contributed by atoms with van der Waals surface area (Å²) in [4.78, 5) is 28.6. The number of fused-ring (bicyclic) bond motifs is 1. The molecule has 1 amide bonds. The van der Waals surface area contributed by atoms with Crippen LogP contribution in [0.2, 0.25) is 0 Å². The fraction of sp³-hybridized carbons (Fsp3) is 0.273. The van der Waals surface area contributed by atoms with Crippen molar-refractivity contribution in [3.8, 4) is 11.5 Å². The Balaban J connectivity index is 1.38. The summed E-state index contributed by atoms with van der Waals surface area (Å²) >= 11 is 2.56. The number of aliphatic hydroxyl groups is 1. The third-order valence-electron chi connectivity index (χ3n) is 7.43. The van der Waals surface area contributed by atoms with E-state index >= 15 is 0 Å². The number of aliphatic hydroxyl groups excluding tert-OH is 1. The second-order valence-electron chi connectivity index (χ2n) is 10.7. The van der Waals surface area contributed by atoms with Gasteiger partial charge in [0.2, 0.25) is 5.13 Å². The van der Waals surface area contributed by atoms with E-state index in [9.17, 15) is 19.1 Å². The van der Waals surface area contributed by atoms with Crippen molar-refractivity contribution in [2.24, 2.45) is 0 Å². The summed E-state index contributed by atoms with van der Waals surface area (Å²) in [5, 5.41) is 20.4. The van der Waals surface area contributed by atoms with Crippen LogP contribution in [0.15, 0.2) is 76.6 Å². The van der Waals surface area contributed by atoms with Crippen molar-refractivity contribution in [2.75, 3.05) is 11.5 Å². The zero-order chi connectivity index (χ0) is 30.8. The summed E-state index contributed by atoms with van der Waals surface area (Å²) in [6, 6.07) is 17.7. The lowest BCUT2D eigenvalue weighted by atomic mass is 9.94. The van der Waals surface area contributed by atoms with Crippen LogP contribution in [-0.2, 0) is 21.8 Å². The molecule has 2 aliphatic rings. The molecule has 0 spiro atoms. The maximum Gasteiger partial charge on any atom is 0.301 e. The van der Waals surface area contributed by atoms with Crippen molar-refractivity contribution in [3.05, 3.63) is 100 Å². The number of benzene rings is 3. The van der Waals surface area contributed by atoms with Gasteiger partial charge < -0.3 is 14.6 Å². The second-order valence-corrected chi connectivity index (χ2v) is 12.8. The molecule has 11 heteroatoms. The number of carbonyl (C=O) groups is 2. The van der Waals surface area contributed by atoms with Gasteiger partial charge in [-0.15, -0.1) is 10.2 Å². The van der Waals surface area contributed by atoms with Gasteiger partial charge in [-0.3, -0.25) is 14.5 Å². The van der Waals surface area contributed by atoms with Crippen LogP contribution in [0.25, 0.3) is 5.76 Å². The Morgan fingerprint density at radius 1 is 1.14 bits per heavy atom. The number of ether oxygens (including phenoxy) is 2. The van der Waals surface area contributed by atoms with Gasteiger partial charge in [-0.05, 0) is 72.5 Å². The number of Topliss-reactive ketones (excluding diaryl/α,β-unsaturated/α-hetero) is 1. The van der Waals surface area contributed by atoms with E-state index in [2.05, 4.69) is 17.1 Å². The van der Waals surface area contributed by atoms with Gasteiger partial charge in [0, 0.05) is 17.7 Å². The number of nitrogens with zero attached hydrogens (tertiary/aromatic N) is 3. The Morgan fingerprint density at radius 2 is 1.95 bits per heavy atom. The fourth-order valence-corrected chi connectivity index (χ4v) is 7.09. The molecule has 1 fully saturated rings. The Morgan fingerprint density at radius 3 is 2.75 bits per heavy atom. The number of rotatable bonds is 10. The Labute approximate surface area is 262 Å². The smallest absolute Gasteiger partial charge is 0.301 e. The van der Waals surface area contributed by atoms with Crippen LogP contribution < -0.4 is 14.4 Å². The molecular formula is C33H30FN3O5S2. The predicted molar refractivity (Wildman–Crippen MR) is 168 cm³/mol. The molecule has 6 rings (SSSR count). The van der Waals surface area contributed by atoms with E-state index in [1.54, 1.807) is 48.5 Å². The van der Waals surface area contributed by atoms with Crippen LogP contribution >= 0.6 is 23.1 Å². The molecule has 1 N–H and O–H groups in total. The Bertz CT molecular complexity index is 1740. The molecule has 3 aromatic carbocycles. The number of unbranched alkanes of at least 4 members (excludes halogenated alkanes) is 1. The highest BCUT2D eigenvalue weighted by molar-refractivity contribution is 8.00. The number of aromatic nitrogens is 2. The first-order chi connectivity index (χ1) is 21.3. The van der Waals surface area contributed by atoms with Gasteiger partial charge in [-0.25, -0.2) is 4.39 Å². The van der Waals surface area contributed by atoms with Crippen LogP contribution in [0, 0.1) is 5.82 Å². The first-order valence-corrected chi connectivity index (χ1v) is 16.2. The Kier molecular flexibility index (Phi) is 8.67. The third kappa shape index (κ3) is 6.07. The van der Waals surface area contributed by atoms with Crippen molar-refractivity contribution in [1.29, 1.82) is 0 Å². The van der Waals surface area contributed by atoms with Gasteiger partial charge >= 0.3 is 5.91 Å². The molecule has 2 unspecified atom stereocenters. The van der Waals surface area contributed by atoms with Gasteiger partial charge in [-0.2, -0.15) is 0 Å². The number of carbonyl (C=O) groups excluding carboxylic acids is 2. The van der Waals surface area contributed by atoms with Gasteiger partial charge in [0.1, 0.15) is 29.2 Å². The summed E-state index contributed by atoms with van der Waals surface area (Å²) in [5.41, 5.74) is 2.80. The molecule has 226 valence electrons. The van der Waals surface area contributed by atoms with Gasteiger partial charge in [0.15, 0.2) is 4.34 Å². The van der Waals surface area contributed by atoms with E-state index in [1.807, 2.05) is 13.0 Å². The average Bonchev–Trinajstić information content (AvgIpc) is 3.71. The molecule has 44 heavy (non-hydrogen) atoms. The summed E-state index contributed by atoms with van der Waals surface area (Å²) < 4.78 is 25.6. The van der Waals surface area contributed by atoms with Crippen LogP contribution in [0.1, 0.15) is 55.0 Å². The lowest BCUT2D eigenvalue weighted by Crippen LogP contribution is -2.29. The molecule has 1 saturated heterocycles. The monoisotopic (exact) mass is 631 g/mol. The van der Waals surface area contributed by atoms with Crippen molar-refractivity contribution in [2.45, 2.75) is 55.3 Å². The molecule has 0 saturated carbocycles. The molecule has 2 aliphatic heterocycles. The molecule has 4 aromatic rings. The summed E-state index contributed by atoms with van der Waals surface area (Å²) in [5.74, 6) is -0.347. The molecule has 0 bridgehead atoms. The van der Waals surface area contributed by atoms with E-state index in [0.717, 1.165) is 29.7 Å². The predicted octanol–water partition coefficient (Wildman–Crippen LogP) is 7.10. The van der Waals surface area contributed by atoms with Crippen molar-refractivity contribution in [1.82, 2.24) is 10.2 Å². The Hall–Kier alpha value is -4.22. The number of ketones is 1. The zero-order valence-electron chi connectivity index (χ0n) is 24.2. The number of halogens is 1. The average molecular weight is 632 g/mol. The van der Waals surface area contributed by atoms with E-state index in [4.69, 9.17) is 9.47 Å². The van der Waals surface area contributed by atoms with Crippen molar-refractivity contribution < 1.29 is 28.6 Å². The van der Waals surface area contributed by atoms with Crippen LogP contribution in [0.4, 0.5) is 9.52 Å². The zero-order valence-corrected chi connectivity index (χ0v) is 25.8. The first kappa shape index (κ1) is 29.8. The highest BCUT2D eigenvalue weighted by Crippen LogP contribution is 2.45. The second kappa shape index (κ2) is 12.8. The minimum absolute atomic E-state index is 0.0101. The normalized spacial score (nSPS) is 18.8. The number of amides is 1. The molecule has 0 aliphatic carbocycles. The lowest BCUT2D eigenvalue weighted by molar-refractivity contribution is -0.132. The summed E-state index contributed by atoms with van der Waals surface area (Å²) in [7, 11) is 0.